The minimum Gasteiger partial charge on any atom is -0.375 e. The highest BCUT2D eigenvalue weighted by molar-refractivity contribution is 7.80. The summed E-state index contributed by atoms with van der Waals surface area (Å²) in [5.74, 6) is -1.64. The van der Waals surface area contributed by atoms with E-state index in [1.165, 1.54) is 0 Å². The van der Waals surface area contributed by atoms with Gasteiger partial charge in [0.2, 0.25) is 0 Å². The lowest BCUT2D eigenvalue weighted by Gasteiger charge is -2.16. The van der Waals surface area contributed by atoms with Crippen LogP contribution >= 0.6 is 23.8 Å². The second-order valence-electron chi connectivity index (χ2n) is 6.29. The Morgan fingerprint density at radius 1 is 1.11 bits per heavy atom. The van der Waals surface area contributed by atoms with E-state index in [9.17, 15) is 9.59 Å². The van der Waals surface area contributed by atoms with Gasteiger partial charge in [-0.1, -0.05) is 29.8 Å². The van der Waals surface area contributed by atoms with Crippen LogP contribution in [0.2, 0.25) is 5.02 Å². The number of hydrogen-bond donors (Lipinski definition) is 3. The monoisotopic (exact) mass is 416 g/mol. The first-order valence-electron chi connectivity index (χ1n) is 8.51. The molecule has 8 heteroatoms. The molecule has 2 aromatic rings. The van der Waals surface area contributed by atoms with Crippen molar-refractivity contribution in [2.75, 3.05) is 5.32 Å². The predicted octanol–water partition coefficient (Wildman–Crippen LogP) is 3.60. The zero-order valence-corrected chi connectivity index (χ0v) is 17.3. The van der Waals surface area contributed by atoms with Crippen LogP contribution in [-0.4, -0.2) is 22.5 Å². The molecule has 4 N–H and O–H groups in total. The molecule has 0 aromatic heterocycles. The molecule has 146 valence electrons. The third-order valence-electron chi connectivity index (χ3n) is 4.17. The quantitative estimate of drug-likeness (QED) is 0.289. The first-order chi connectivity index (χ1) is 13.2. The number of hydrazone groups is 1. The molecule has 0 saturated heterocycles. The number of hydrogen-bond acceptors (Lipinski definition) is 4. The fourth-order valence-electron chi connectivity index (χ4n) is 2.64. The van der Waals surface area contributed by atoms with Crippen molar-refractivity contribution in [3.8, 4) is 0 Å². The van der Waals surface area contributed by atoms with Crippen molar-refractivity contribution in [2.24, 2.45) is 16.8 Å². The normalized spacial score (nSPS) is 12.2. The molecule has 0 bridgehead atoms. The average Bonchev–Trinajstić information content (AvgIpc) is 2.64. The Balaban J connectivity index is 2.34. The number of thiocarbonyl (C=S) groups is 1. The van der Waals surface area contributed by atoms with Crippen molar-refractivity contribution >= 4 is 52.0 Å². The summed E-state index contributed by atoms with van der Waals surface area (Å²) in [4.78, 5) is 25.8. The summed E-state index contributed by atoms with van der Waals surface area (Å²) < 4.78 is 0. The number of rotatable bonds is 6. The molecule has 0 aliphatic carbocycles. The molecule has 6 nitrogen and oxygen atoms in total. The van der Waals surface area contributed by atoms with Gasteiger partial charge in [-0.05, 0) is 68.4 Å². The number of nitrogens with one attached hydrogen (secondary N) is 2. The highest BCUT2D eigenvalue weighted by atomic mass is 35.5. The number of nitrogens with two attached hydrogens (primary N) is 1. The van der Waals surface area contributed by atoms with Crippen molar-refractivity contribution in [3.63, 3.8) is 0 Å². The number of amides is 1. The maximum atomic E-state index is 12.9. The topological polar surface area (TPSA) is 96.6 Å². The molecule has 1 amide bonds. The lowest BCUT2D eigenvalue weighted by atomic mass is 9.94. The summed E-state index contributed by atoms with van der Waals surface area (Å²) in [6.45, 7) is 5.37. The van der Waals surface area contributed by atoms with Crippen LogP contribution in [0.3, 0.4) is 0 Å². The number of halogens is 1. The molecule has 2 rings (SSSR count). The van der Waals surface area contributed by atoms with Crippen molar-refractivity contribution in [2.45, 2.75) is 20.8 Å². The van der Waals surface area contributed by atoms with Gasteiger partial charge in [0.15, 0.2) is 10.9 Å². The lowest BCUT2D eigenvalue weighted by molar-refractivity contribution is -0.110. The molecule has 1 unspecified atom stereocenters. The Labute approximate surface area is 174 Å². The van der Waals surface area contributed by atoms with Crippen LogP contribution in [0.15, 0.2) is 47.6 Å². The molecule has 0 fully saturated rings. The maximum Gasteiger partial charge on any atom is 0.272 e. The summed E-state index contributed by atoms with van der Waals surface area (Å²) in [5, 5.41) is 7.22. The Bertz CT molecular complexity index is 921. The lowest BCUT2D eigenvalue weighted by Crippen LogP contribution is -2.36. The van der Waals surface area contributed by atoms with Crippen LogP contribution in [0.5, 0.6) is 0 Å². The van der Waals surface area contributed by atoms with Gasteiger partial charge in [-0.3, -0.25) is 15.0 Å². The Hall–Kier alpha value is -2.77. The molecule has 0 radical (unpaired) electrons. The summed E-state index contributed by atoms with van der Waals surface area (Å²) in [6.07, 6.45) is 0. The van der Waals surface area contributed by atoms with Gasteiger partial charge >= 0.3 is 0 Å². The standard InChI is InChI=1S/C20H21ClN4O2S/c1-11-5-4-6-12(2)16(11)23-19(27)17(24-25-20(22)28)13(3)18(26)14-7-9-15(21)10-8-14/h4-10,13H,1-3H3,(H,23,27)(H3,22,25,28)/b24-17+. The highest BCUT2D eigenvalue weighted by Gasteiger charge is 2.27. The number of carbonyl (C=O) groups excluding carboxylic acids is 2. The molecule has 0 saturated carbocycles. The largest absolute Gasteiger partial charge is 0.375 e. The summed E-state index contributed by atoms with van der Waals surface area (Å²) in [5.41, 5.74) is 10.7. The van der Waals surface area contributed by atoms with E-state index < -0.39 is 11.8 Å². The Kier molecular flexibility index (Phi) is 7.25. The third-order valence-corrected chi connectivity index (χ3v) is 4.51. The number of Topliss-reactive ketones (excluding diaryl/α,β-unsaturated/α-hetero) is 1. The van der Waals surface area contributed by atoms with Crippen molar-refractivity contribution in [1.82, 2.24) is 5.43 Å². The van der Waals surface area contributed by atoms with E-state index >= 15 is 0 Å². The Morgan fingerprint density at radius 2 is 1.68 bits per heavy atom. The summed E-state index contributed by atoms with van der Waals surface area (Å²) in [7, 11) is 0. The van der Waals surface area contributed by atoms with E-state index in [0.717, 1.165) is 11.1 Å². The molecule has 2 aromatic carbocycles. The molecule has 0 aliphatic heterocycles. The zero-order chi connectivity index (χ0) is 20.8. The number of anilines is 1. The average molecular weight is 417 g/mol. The van der Waals surface area contributed by atoms with E-state index in [4.69, 9.17) is 29.6 Å². The fraction of sp³-hybridized carbons (Fsp3) is 0.200. The number of nitrogens with zero attached hydrogens (tertiary/aromatic N) is 1. The molecule has 0 aliphatic rings. The van der Waals surface area contributed by atoms with Gasteiger partial charge < -0.3 is 11.1 Å². The number of ketones is 1. The van der Waals surface area contributed by atoms with Gasteiger partial charge in [0.1, 0.15) is 5.71 Å². The molecule has 0 spiro atoms. The van der Waals surface area contributed by atoms with Crippen molar-refractivity contribution in [1.29, 1.82) is 0 Å². The van der Waals surface area contributed by atoms with Crippen molar-refractivity contribution < 1.29 is 9.59 Å². The molecule has 0 heterocycles. The van der Waals surface area contributed by atoms with E-state index in [1.54, 1.807) is 31.2 Å². The van der Waals surface area contributed by atoms with Gasteiger partial charge in [0.05, 0.1) is 5.92 Å². The van der Waals surface area contributed by atoms with E-state index in [1.807, 2.05) is 32.0 Å². The highest BCUT2D eigenvalue weighted by Crippen LogP contribution is 2.21. The first-order valence-corrected chi connectivity index (χ1v) is 9.29. The zero-order valence-electron chi connectivity index (χ0n) is 15.7. The van der Waals surface area contributed by atoms with Crippen LogP contribution in [0.1, 0.15) is 28.4 Å². The Morgan fingerprint density at radius 3 is 2.21 bits per heavy atom. The summed E-state index contributed by atoms with van der Waals surface area (Å²) in [6, 6.07) is 12.1. The van der Waals surface area contributed by atoms with Crippen LogP contribution in [0.4, 0.5) is 5.69 Å². The SMILES string of the molecule is Cc1cccc(C)c1NC(=O)/C(=N/NC(N)=S)C(C)C(=O)c1ccc(Cl)cc1. The predicted molar refractivity (Wildman–Crippen MR) is 117 cm³/mol. The van der Waals surface area contributed by atoms with Gasteiger partial charge in [-0.15, -0.1) is 0 Å². The summed E-state index contributed by atoms with van der Waals surface area (Å²) >= 11 is 10.6. The second-order valence-corrected chi connectivity index (χ2v) is 7.16. The number of aryl methyl sites for hydroxylation is 2. The van der Waals surface area contributed by atoms with Crippen molar-refractivity contribution in [3.05, 3.63) is 64.2 Å². The third kappa shape index (κ3) is 5.37. The van der Waals surface area contributed by atoms with Crippen LogP contribution in [-0.2, 0) is 4.79 Å². The van der Waals surface area contributed by atoms with E-state index in [2.05, 4.69) is 15.8 Å². The number of benzene rings is 2. The minimum atomic E-state index is -0.840. The van der Waals surface area contributed by atoms with Gasteiger partial charge in [0.25, 0.3) is 5.91 Å². The van der Waals surface area contributed by atoms with Gasteiger partial charge in [0, 0.05) is 16.3 Å². The minimum absolute atomic E-state index is 0.0320. The second kappa shape index (κ2) is 9.43. The molecular weight excluding hydrogens is 396 g/mol. The maximum absolute atomic E-state index is 12.9. The van der Waals surface area contributed by atoms with E-state index in [0.29, 0.717) is 16.3 Å². The fourth-order valence-corrected chi connectivity index (χ4v) is 2.81. The smallest absolute Gasteiger partial charge is 0.272 e. The molecule has 1 atom stereocenters. The van der Waals surface area contributed by atoms with Crippen LogP contribution in [0.25, 0.3) is 0 Å². The van der Waals surface area contributed by atoms with Gasteiger partial charge in [-0.2, -0.15) is 5.10 Å². The van der Waals surface area contributed by atoms with Crippen LogP contribution in [0, 0.1) is 19.8 Å². The van der Waals surface area contributed by atoms with Crippen LogP contribution < -0.4 is 16.5 Å². The molecular formula is C20H21ClN4O2S. The first kappa shape index (κ1) is 21.5. The number of para-hydroxylation sites is 1. The van der Waals surface area contributed by atoms with E-state index in [-0.39, 0.29) is 16.6 Å². The molecule has 28 heavy (non-hydrogen) atoms. The number of carbonyl (C=O) groups is 2. The van der Waals surface area contributed by atoms with Gasteiger partial charge in [-0.25, -0.2) is 0 Å².